The molecule has 0 amide bonds. The first kappa shape index (κ1) is 19.9. The normalized spacial score (nSPS) is 13.4. The average Bonchev–Trinajstić information content (AvgIpc) is 2.34. The molecule has 20 heavy (non-hydrogen) atoms. The predicted molar refractivity (Wildman–Crippen MR) is 87.9 cm³/mol. The van der Waals surface area contributed by atoms with Gasteiger partial charge >= 0.3 is 0 Å². The molecule has 0 aromatic rings. The molecule has 0 unspecified atom stereocenters. The molecule has 0 bridgehead atoms. The summed E-state index contributed by atoms with van der Waals surface area (Å²) in [6.45, 7) is 12.5. The van der Waals surface area contributed by atoms with E-state index >= 15 is 0 Å². The first-order valence-electron chi connectivity index (χ1n) is 7.71. The summed E-state index contributed by atoms with van der Waals surface area (Å²) in [6, 6.07) is 0. The Morgan fingerprint density at radius 1 is 1.20 bits per heavy atom. The van der Waals surface area contributed by atoms with E-state index in [1.54, 1.807) is 0 Å². The second kappa shape index (κ2) is 9.00. The summed E-state index contributed by atoms with van der Waals surface area (Å²) in [5.74, 6) is 0.899. The summed E-state index contributed by atoms with van der Waals surface area (Å²) in [4.78, 5) is 2.16. The minimum Gasteiger partial charge on any atom is -0.316 e. The van der Waals surface area contributed by atoms with Crippen molar-refractivity contribution >= 4 is 9.84 Å². The van der Waals surface area contributed by atoms with E-state index in [2.05, 4.69) is 37.9 Å². The molecule has 0 radical (unpaired) electrons. The van der Waals surface area contributed by atoms with Gasteiger partial charge in [0.25, 0.3) is 0 Å². The third-order valence-corrected chi connectivity index (χ3v) is 4.93. The van der Waals surface area contributed by atoms with Crippen LogP contribution in [0.5, 0.6) is 0 Å². The molecule has 0 atom stereocenters. The van der Waals surface area contributed by atoms with Gasteiger partial charge in [0.2, 0.25) is 0 Å². The maximum Gasteiger partial charge on any atom is 0.148 e. The fraction of sp³-hybridized carbons (Fsp3) is 1.00. The van der Waals surface area contributed by atoms with Crippen LogP contribution in [0.15, 0.2) is 0 Å². The quantitative estimate of drug-likeness (QED) is 0.634. The van der Waals surface area contributed by atoms with E-state index in [-0.39, 0.29) is 11.2 Å². The maximum absolute atomic E-state index is 11.2. The van der Waals surface area contributed by atoms with Gasteiger partial charge in [0.15, 0.2) is 0 Å². The molecule has 0 aromatic heterocycles. The minimum absolute atomic E-state index is 0.237. The Labute approximate surface area is 126 Å². The molecule has 0 spiro atoms. The third kappa shape index (κ3) is 8.93. The summed E-state index contributed by atoms with van der Waals surface area (Å²) in [5.41, 5.74) is 0.237. The van der Waals surface area contributed by atoms with Gasteiger partial charge in [-0.15, -0.1) is 0 Å². The van der Waals surface area contributed by atoms with Crippen molar-refractivity contribution in [2.45, 2.75) is 40.5 Å². The second-order valence-electron chi connectivity index (χ2n) is 6.60. The molecule has 0 aliphatic rings. The number of hydrogen-bond donors (Lipinski definition) is 1. The van der Waals surface area contributed by atoms with Crippen LogP contribution in [0.2, 0.25) is 0 Å². The van der Waals surface area contributed by atoms with E-state index in [4.69, 9.17) is 0 Å². The van der Waals surface area contributed by atoms with Crippen LogP contribution in [0.1, 0.15) is 40.5 Å². The molecule has 0 aromatic carbocycles. The van der Waals surface area contributed by atoms with Crippen LogP contribution >= 0.6 is 0 Å². The Kier molecular flexibility index (Phi) is 8.95. The topological polar surface area (TPSA) is 49.4 Å². The van der Waals surface area contributed by atoms with Crippen molar-refractivity contribution in [1.29, 1.82) is 0 Å². The lowest BCUT2D eigenvalue weighted by atomic mass is 9.81. The minimum atomic E-state index is -2.87. The zero-order valence-corrected chi connectivity index (χ0v) is 15.0. The van der Waals surface area contributed by atoms with Crippen molar-refractivity contribution < 1.29 is 8.42 Å². The Bertz CT molecular complexity index is 349. The van der Waals surface area contributed by atoms with Gasteiger partial charge in [-0.1, -0.05) is 27.7 Å². The van der Waals surface area contributed by atoms with Crippen LogP contribution in [-0.2, 0) is 9.84 Å². The van der Waals surface area contributed by atoms with Crippen molar-refractivity contribution in [1.82, 2.24) is 10.2 Å². The van der Waals surface area contributed by atoms with Crippen molar-refractivity contribution in [2.24, 2.45) is 11.3 Å². The van der Waals surface area contributed by atoms with Crippen molar-refractivity contribution in [3.05, 3.63) is 0 Å². The highest BCUT2D eigenvalue weighted by Gasteiger charge is 2.27. The number of nitrogens with one attached hydrogen (secondary N) is 1. The number of hydrogen-bond acceptors (Lipinski definition) is 4. The van der Waals surface area contributed by atoms with Crippen LogP contribution in [0.4, 0.5) is 0 Å². The lowest BCUT2D eigenvalue weighted by molar-refractivity contribution is 0.159. The van der Waals surface area contributed by atoms with E-state index in [0.717, 1.165) is 32.5 Å². The Morgan fingerprint density at radius 2 is 1.75 bits per heavy atom. The maximum atomic E-state index is 11.2. The van der Waals surface area contributed by atoms with E-state index in [0.29, 0.717) is 12.5 Å². The highest BCUT2D eigenvalue weighted by atomic mass is 32.2. The van der Waals surface area contributed by atoms with Crippen molar-refractivity contribution in [2.75, 3.05) is 45.2 Å². The summed E-state index contributed by atoms with van der Waals surface area (Å²) >= 11 is 0. The Balaban J connectivity index is 4.42. The molecule has 0 fully saturated rings. The Hall–Kier alpha value is -0.130. The molecule has 4 nitrogen and oxygen atoms in total. The molecule has 122 valence electrons. The van der Waals surface area contributed by atoms with Gasteiger partial charge in [0.05, 0.1) is 5.75 Å². The zero-order chi connectivity index (χ0) is 15.8. The molecule has 0 aliphatic heterocycles. The van der Waals surface area contributed by atoms with E-state index < -0.39 is 9.84 Å². The zero-order valence-electron chi connectivity index (χ0n) is 14.2. The molecule has 0 aliphatic carbocycles. The smallest absolute Gasteiger partial charge is 0.148 e. The highest BCUT2D eigenvalue weighted by Crippen LogP contribution is 2.26. The fourth-order valence-corrected chi connectivity index (χ4v) is 3.02. The van der Waals surface area contributed by atoms with E-state index in [9.17, 15) is 8.42 Å². The molecule has 1 N–H and O–H groups in total. The van der Waals surface area contributed by atoms with Crippen LogP contribution in [0.3, 0.4) is 0 Å². The van der Waals surface area contributed by atoms with Gasteiger partial charge in [-0.3, -0.25) is 0 Å². The van der Waals surface area contributed by atoms with E-state index in [1.807, 2.05) is 7.05 Å². The summed E-state index contributed by atoms with van der Waals surface area (Å²) < 4.78 is 22.5. The van der Waals surface area contributed by atoms with Crippen LogP contribution in [0.25, 0.3) is 0 Å². The van der Waals surface area contributed by atoms with E-state index in [1.165, 1.54) is 6.26 Å². The molecule has 5 heteroatoms. The second-order valence-corrected chi connectivity index (χ2v) is 8.86. The number of sulfone groups is 1. The molecule has 0 saturated heterocycles. The highest BCUT2D eigenvalue weighted by molar-refractivity contribution is 7.90. The van der Waals surface area contributed by atoms with Gasteiger partial charge in [-0.05, 0) is 37.8 Å². The number of rotatable bonds is 11. The SMILES string of the molecule is CCC(CC)(CNCC(C)C)CN(C)CCS(C)(=O)=O. The predicted octanol–water partition coefficient (Wildman–Crippen LogP) is 2.01. The van der Waals surface area contributed by atoms with Crippen LogP contribution < -0.4 is 5.32 Å². The first-order chi connectivity index (χ1) is 9.14. The lowest BCUT2D eigenvalue weighted by Gasteiger charge is -2.36. The molecular weight excluding hydrogens is 272 g/mol. The average molecular weight is 307 g/mol. The fourth-order valence-electron chi connectivity index (χ4n) is 2.38. The van der Waals surface area contributed by atoms with Crippen molar-refractivity contribution in [3.8, 4) is 0 Å². The molecule has 0 saturated carbocycles. The number of nitrogens with zero attached hydrogens (tertiary/aromatic N) is 1. The van der Waals surface area contributed by atoms with Crippen LogP contribution in [-0.4, -0.2) is 58.6 Å². The van der Waals surface area contributed by atoms with Gasteiger partial charge in [0.1, 0.15) is 9.84 Å². The standard InChI is InChI=1S/C15H34N2O2S/c1-7-15(8-2,12-16-11-14(3)4)13-17(5)9-10-20(6,18)19/h14,16H,7-13H2,1-6H3. The third-order valence-electron chi connectivity index (χ3n) is 4.00. The summed E-state index contributed by atoms with van der Waals surface area (Å²) in [6.07, 6.45) is 3.52. The van der Waals surface area contributed by atoms with Crippen LogP contribution in [0, 0.1) is 11.3 Å². The monoisotopic (exact) mass is 306 g/mol. The first-order valence-corrected chi connectivity index (χ1v) is 9.77. The largest absolute Gasteiger partial charge is 0.316 e. The van der Waals surface area contributed by atoms with Gasteiger partial charge in [-0.25, -0.2) is 8.42 Å². The van der Waals surface area contributed by atoms with Gasteiger partial charge in [-0.2, -0.15) is 0 Å². The lowest BCUT2D eigenvalue weighted by Crippen LogP contribution is -2.44. The van der Waals surface area contributed by atoms with Crippen molar-refractivity contribution in [3.63, 3.8) is 0 Å². The summed E-state index contributed by atoms with van der Waals surface area (Å²) in [7, 11) is -0.852. The molecule has 0 rings (SSSR count). The summed E-state index contributed by atoms with van der Waals surface area (Å²) in [5, 5.41) is 3.56. The van der Waals surface area contributed by atoms with Gasteiger partial charge < -0.3 is 10.2 Å². The molecular formula is C15H34N2O2S. The Morgan fingerprint density at radius 3 is 2.15 bits per heavy atom. The molecule has 0 heterocycles. The van der Waals surface area contributed by atoms with Gasteiger partial charge in [0, 0.05) is 25.9 Å².